The third-order valence-corrected chi connectivity index (χ3v) is 10.3. The lowest BCUT2D eigenvalue weighted by atomic mass is 9.89. The van der Waals surface area contributed by atoms with E-state index in [0.717, 1.165) is 41.3 Å². The molecule has 0 saturated carbocycles. The van der Waals surface area contributed by atoms with Crippen molar-refractivity contribution in [2.24, 2.45) is 5.92 Å². The highest BCUT2D eigenvalue weighted by Gasteiger charge is 2.31. The van der Waals surface area contributed by atoms with Gasteiger partial charge in [-0.05, 0) is 42.7 Å². The van der Waals surface area contributed by atoms with E-state index in [2.05, 4.69) is 25.7 Å². The summed E-state index contributed by atoms with van der Waals surface area (Å²) >= 11 is 1.85. The van der Waals surface area contributed by atoms with Gasteiger partial charge in [0, 0.05) is 37.0 Å². The molecule has 3 aromatic rings. The van der Waals surface area contributed by atoms with E-state index in [-0.39, 0.29) is 5.75 Å². The quantitative estimate of drug-likeness (QED) is 0.479. The molecule has 8 heteroatoms. The molecule has 5 rings (SSSR count). The van der Waals surface area contributed by atoms with Crippen molar-refractivity contribution in [3.8, 4) is 0 Å². The lowest BCUT2D eigenvalue weighted by molar-refractivity contribution is 0.383. The van der Waals surface area contributed by atoms with Gasteiger partial charge in [0.1, 0.15) is 16.5 Å². The van der Waals surface area contributed by atoms with Crippen LogP contribution < -0.4 is 4.90 Å². The van der Waals surface area contributed by atoms with Gasteiger partial charge in [0.05, 0.1) is 11.1 Å². The fourth-order valence-electron chi connectivity index (χ4n) is 5.03. The second-order valence-corrected chi connectivity index (χ2v) is 12.9. The van der Waals surface area contributed by atoms with E-state index in [4.69, 9.17) is 9.97 Å². The monoisotopic (exact) mass is 498 g/mol. The molecule has 0 spiro atoms. The summed E-state index contributed by atoms with van der Waals surface area (Å²) in [6.45, 7) is 8.98. The predicted octanol–water partition coefficient (Wildman–Crippen LogP) is 4.98. The molecule has 1 aliphatic carbocycles. The molecule has 1 fully saturated rings. The van der Waals surface area contributed by atoms with Crippen LogP contribution in [0.25, 0.3) is 10.2 Å². The van der Waals surface area contributed by atoms with Crippen LogP contribution >= 0.6 is 11.3 Å². The molecule has 2 atom stereocenters. The van der Waals surface area contributed by atoms with Crippen molar-refractivity contribution in [3.05, 3.63) is 52.2 Å². The summed E-state index contributed by atoms with van der Waals surface area (Å²) in [6, 6.07) is 9.44. The van der Waals surface area contributed by atoms with Gasteiger partial charge in [0.25, 0.3) is 0 Å². The molecule has 1 saturated heterocycles. The molecule has 6 nitrogen and oxygen atoms in total. The minimum absolute atomic E-state index is 0.0555. The maximum atomic E-state index is 13.1. The summed E-state index contributed by atoms with van der Waals surface area (Å²) < 4.78 is 27.8. The Morgan fingerprint density at radius 3 is 2.56 bits per heavy atom. The average Bonchev–Trinajstić information content (AvgIpc) is 3.20. The van der Waals surface area contributed by atoms with Crippen molar-refractivity contribution >= 4 is 37.4 Å². The van der Waals surface area contributed by atoms with Gasteiger partial charge < -0.3 is 4.90 Å². The van der Waals surface area contributed by atoms with Crippen LogP contribution in [0, 0.1) is 5.92 Å². The first kappa shape index (κ1) is 23.7. The highest BCUT2D eigenvalue weighted by atomic mass is 32.2. The highest BCUT2D eigenvalue weighted by molar-refractivity contribution is 7.88. The number of hydrogen-bond acceptors (Lipinski definition) is 6. The molecule has 0 unspecified atom stereocenters. The Labute approximate surface area is 207 Å². The van der Waals surface area contributed by atoms with Gasteiger partial charge in [0.2, 0.25) is 10.0 Å². The summed E-state index contributed by atoms with van der Waals surface area (Å²) in [5, 5.41) is 1.22. The van der Waals surface area contributed by atoms with Gasteiger partial charge in [-0.15, -0.1) is 11.3 Å². The zero-order chi connectivity index (χ0) is 23.9. The first-order valence-corrected chi connectivity index (χ1v) is 14.9. The summed E-state index contributed by atoms with van der Waals surface area (Å²) in [6.07, 6.45) is 4.41. The molecule has 0 radical (unpaired) electrons. The second-order valence-electron chi connectivity index (χ2n) is 9.87. The molecule has 1 aromatic carbocycles. The molecule has 182 valence electrons. The smallest absolute Gasteiger partial charge is 0.218 e. The number of thiophene rings is 1. The number of nitrogens with zero attached hydrogens (tertiary/aromatic N) is 4. The fraction of sp³-hybridized carbons (Fsp3) is 0.538. The van der Waals surface area contributed by atoms with Gasteiger partial charge in [-0.1, -0.05) is 51.1 Å². The summed E-state index contributed by atoms with van der Waals surface area (Å²) in [5.74, 6) is 3.00. The Kier molecular flexibility index (Phi) is 6.66. The van der Waals surface area contributed by atoms with Gasteiger partial charge >= 0.3 is 0 Å². The normalized spacial score (nSPS) is 20.4. The Bertz CT molecular complexity index is 1260. The number of aryl methyl sites for hydroxylation is 1. The summed E-state index contributed by atoms with van der Waals surface area (Å²) in [4.78, 5) is 15.0. The van der Waals surface area contributed by atoms with E-state index >= 15 is 0 Å². The molecular formula is C26H34N4O2S2. The van der Waals surface area contributed by atoms with E-state index in [1.165, 1.54) is 22.2 Å². The van der Waals surface area contributed by atoms with E-state index in [0.29, 0.717) is 38.0 Å². The molecular weight excluding hydrogens is 464 g/mol. The van der Waals surface area contributed by atoms with Crippen LogP contribution in [-0.4, -0.2) is 48.9 Å². The number of anilines is 1. The maximum Gasteiger partial charge on any atom is 0.218 e. The van der Waals surface area contributed by atoms with Crippen molar-refractivity contribution in [1.82, 2.24) is 14.3 Å². The number of piperazine rings is 1. The van der Waals surface area contributed by atoms with E-state index in [1.807, 2.05) is 41.7 Å². The molecule has 0 N–H and O–H groups in total. The van der Waals surface area contributed by atoms with Crippen LogP contribution in [-0.2, 0) is 28.6 Å². The maximum absolute atomic E-state index is 13.1. The zero-order valence-electron chi connectivity index (χ0n) is 20.3. The van der Waals surface area contributed by atoms with Gasteiger partial charge in [-0.25, -0.2) is 18.4 Å². The fourth-order valence-corrected chi connectivity index (χ4v) is 7.93. The molecule has 1 aliphatic heterocycles. The molecule has 34 heavy (non-hydrogen) atoms. The number of fused-ring (bicyclic) bond motifs is 3. The van der Waals surface area contributed by atoms with Crippen molar-refractivity contribution in [2.75, 3.05) is 31.1 Å². The molecule has 0 amide bonds. The van der Waals surface area contributed by atoms with Crippen LogP contribution in [0.3, 0.4) is 0 Å². The zero-order valence-corrected chi connectivity index (χ0v) is 22.0. The Morgan fingerprint density at radius 1 is 1.12 bits per heavy atom. The van der Waals surface area contributed by atoms with Crippen LogP contribution in [0.15, 0.2) is 30.3 Å². The second kappa shape index (κ2) is 9.55. The van der Waals surface area contributed by atoms with Crippen molar-refractivity contribution < 1.29 is 8.42 Å². The largest absolute Gasteiger partial charge is 0.353 e. The van der Waals surface area contributed by atoms with Gasteiger partial charge in [-0.3, -0.25) is 0 Å². The number of sulfonamides is 1. The molecule has 3 heterocycles. The minimum atomic E-state index is -3.34. The van der Waals surface area contributed by atoms with Gasteiger partial charge in [0.15, 0.2) is 0 Å². The number of aromatic nitrogens is 2. The molecule has 0 bridgehead atoms. The summed E-state index contributed by atoms with van der Waals surface area (Å²) in [7, 11) is -3.34. The molecule has 2 aromatic heterocycles. The van der Waals surface area contributed by atoms with E-state index in [1.54, 1.807) is 4.31 Å². The Hall–Kier alpha value is -2.03. The van der Waals surface area contributed by atoms with Crippen molar-refractivity contribution in [2.45, 2.75) is 58.1 Å². The highest BCUT2D eigenvalue weighted by Crippen LogP contribution is 2.42. The first-order chi connectivity index (χ1) is 16.4. The summed E-state index contributed by atoms with van der Waals surface area (Å²) in [5.41, 5.74) is 2.27. The van der Waals surface area contributed by atoms with Crippen LogP contribution in [0.5, 0.6) is 0 Å². The predicted molar refractivity (Wildman–Crippen MR) is 140 cm³/mol. The number of rotatable bonds is 6. The standard InChI is InChI=1S/C26H34N4O2S2/c1-4-19(3)24-27-25(23-21-11-10-18(2)16-22(21)33-26(23)28-24)29-12-14-30(15-13-29)34(31,32)17-20-8-6-5-7-9-20/h5-9,18-19H,4,10-17H2,1-3H3/t18-,19-/m0/s1. The van der Waals surface area contributed by atoms with Crippen molar-refractivity contribution in [1.29, 1.82) is 0 Å². The van der Waals surface area contributed by atoms with Crippen molar-refractivity contribution in [3.63, 3.8) is 0 Å². The third-order valence-electron chi connectivity index (χ3n) is 7.33. The molecule has 2 aliphatic rings. The average molecular weight is 499 g/mol. The number of hydrogen-bond donors (Lipinski definition) is 0. The topological polar surface area (TPSA) is 66.4 Å². The SMILES string of the molecule is CC[C@H](C)c1nc(N2CCN(S(=O)(=O)Cc3ccccc3)CC2)c2c3c(sc2n1)C[C@@H](C)CC3. The van der Waals surface area contributed by atoms with Crippen LogP contribution in [0.2, 0.25) is 0 Å². The lowest BCUT2D eigenvalue weighted by Crippen LogP contribution is -2.49. The first-order valence-electron chi connectivity index (χ1n) is 12.4. The van der Waals surface area contributed by atoms with E-state index < -0.39 is 10.0 Å². The van der Waals surface area contributed by atoms with E-state index in [9.17, 15) is 8.42 Å². The minimum Gasteiger partial charge on any atom is -0.353 e. The van der Waals surface area contributed by atoms with Crippen LogP contribution in [0.4, 0.5) is 5.82 Å². The Morgan fingerprint density at radius 2 is 1.85 bits per heavy atom. The van der Waals surface area contributed by atoms with Crippen LogP contribution in [0.1, 0.15) is 61.4 Å². The number of benzene rings is 1. The lowest BCUT2D eigenvalue weighted by Gasteiger charge is -2.35. The van der Waals surface area contributed by atoms with Gasteiger partial charge in [-0.2, -0.15) is 4.31 Å². The third kappa shape index (κ3) is 4.60. The Balaban J connectivity index is 1.43.